The van der Waals surface area contributed by atoms with Crippen LogP contribution in [0.25, 0.3) is 5.69 Å². The zero-order valence-corrected chi connectivity index (χ0v) is 12.5. The predicted octanol–water partition coefficient (Wildman–Crippen LogP) is 2.67. The molecule has 0 saturated heterocycles. The van der Waals surface area contributed by atoms with Gasteiger partial charge in [0.15, 0.2) is 0 Å². The Kier molecular flexibility index (Phi) is 3.93. The van der Waals surface area contributed by atoms with Gasteiger partial charge < -0.3 is 5.11 Å². The molecule has 0 amide bonds. The molecule has 1 N–H and O–H groups in total. The van der Waals surface area contributed by atoms with Crippen molar-refractivity contribution < 1.29 is 9.90 Å². The van der Waals surface area contributed by atoms with E-state index < -0.39 is 17.1 Å². The first-order valence-electron chi connectivity index (χ1n) is 6.76. The first-order valence-corrected chi connectivity index (χ1v) is 6.76. The van der Waals surface area contributed by atoms with E-state index in [0.717, 1.165) is 16.8 Å². The number of hydrogen-bond donors (Lipinski definition) is 1. The lowest BCUT2D eigenvalue weighted by Gasteiger charge is -2.14. The van der Waals surface area contributed by atoms with Crippen molar-refractivity contribution in [2.24, 2.45) is 0 Å². The molecule has 0 atom stereocenters. The normalized spacial score (nSPS) is 10.9. The highest BCUT2D eigenvalue weighted by Crippen LogP contribution is 2.18. The lowest BCUT2D eigenvalue weighted by Crippen LogP contribution is -2.25. The molecular formula is C16H18N2O3. The summed E-state index contributed by atoms with van der Waals surface area (Å²) in [5.41, 5.74) is 2.35. The first-order chi connectivity index (χ1) is 9.82. The summed E-state index contributed by atoms with van der Waals surface area (Å²) in [7, 11) is 0. The van der Waals surface area contributed by atoms with Crippen molar-refractivity contribution >= 4 is 5.97 Å². The Morgan fingerprint density at radius 1 is 1.29 bits per heavy atom. The van der Waals surface area contributed by atoms with Crippen LogP contribution in [0.15, 0.2) is 29.2 Å². The summed E-state index contributed by atoms with van der Waals surface area (Å²) in [4.78, 5) is 23.4. The average molecular weight is 286 g/mol. The number of rotatable bonds is 3. The number of carboxylic acid groups (broad SMARTS) is 1. The minimum absolute atomic E-state index is 0.0741. The Morgan fingerprint density at radius 3 is 2.52 bits per heavy atom. The van der Waals surface area contributed by atoms with Crippen molar-refractivity contribution in [2.45, 2.75) is 33.6 Å². The molecule has 0 unspecified atom stereocenters. The molecule has 0 aliphatic rings. The van der Waals surface area contributed by atoms with Crippen LogP contribution in [-0.2, 0) is 0 Å². The van der Waals surface area contributed by atoms with E-state index in [2.05, 4.69) is 5.10 Å². The van der Waals surface area contributed by atoms with Crippen molar-refractivity contribution in [3.05, 3.63) is 57.0 Å². The summed E-state index contributed by atoms with van der Waals surface area (Å²) in [6, 6.07) is 5.71. The average Bonchev–Trinajstić information content (AvgIpc) is 2.41. The van der Waals surface area contributed by atoms with Crippen LogP contribution in [0.3, 0.4) is 0 Å². The van der Waals surface area contributed by atoms with Crippen molar-refractivity contribution in [2.75, 3.05) is 0 Å². The molecule has 5 heteroatoms. The molecule has 1 aromatic carbocycles. The number of nitrogens with zero attached hydrogens (tertiary/aromatic N) is 2. The Hall–Kier alpha value is -2.43. The lowest BCUT2D eigenvalue weighted by atomic mass is 10.0. The number of aryl methyl sites for hydroxylation is 1. The SMILES string of the molecule is Cc1cccc(-n2cc(C(C)C)c(=O)c(C(=O)O)n2)c1C. The molecule has 2 rings (SSSR count). The van der Waals surface area contributed by atoms with E-state index in [9.17, 15) is 14.7 Å². The van der Waals surface area contributed by atoms with Gasteiger partial charge in [0.1, 0.15) is 0 Å². The van der Waals surface area contributed by atoms with E-state index in [1.54, 1.807) is 6.20 Å². The fourth-order valence-corrected chi connectivity index (χ4v) is 2.17. The molecule has 1 aromatic heterocycles. The van der Waals surface area contributed by atoms with Gasteiger partial charge in [-0.05, 0) is 37.0 Å². The Labute approximate surface area is 122 Å². The van der Waals surface area contributed by atoms with Crippen LogP contribution in [0.1, 0.15) is 46.9 Å². The van der Waals surface area contributed by atoms with Crippen molar-refractivity contribution in [1.29, 1.82) is 0 Å². The third-order valence-electron chi connectivity index (χ3n) is 3.59. The van der Waals surface area contributed by atoms with Crippen LogP contribution in [0.4, 0.5) is 0 Å². The summed E-state index contributed by atoms with van der Waals surface area (Å²) in [6.45, 7) is 7.63. The van der Waals surface area contributed by atoms with E-state index in [-0.39, 0.29) is 5.92 Å². The molecule has 0 saturated carbocycles. The van der Waals surface area contributed by atoms with Crippen LogP contribution in [0, 0.1) is 13.8 Å². The number of carbonyl (C=O) groups is 1. The van der Waals surface area contributed by atoms with Crippen molar-refractivity contribution in [1.82, 2.24) is 9.78 Å². The second kappa shape index (κ2) is 5.52. The molecule has 0 fully saturated rings. The van der Waals surface area contributed by atoms with E-state index in [4.69, 9.17) is 0 Å². The van der Waals surface area contributed by atoms with Gasteiger partial charge in [0.25, 0.3) is 0 Å². The number of aromatic carboxylic acids is 1. The Bertz CT molecular complexity index is 761. The highest BCUT2D eigenvalue weighted by atomic mass is 16.4. The van der Waals surface area contributed by atoms with Gasteiger partial charge in [-0.1, -0.05) is 26.0 Å². The zero-order valence-electron chi connectivity index (χ0n) is 12.5. The molecule has 0 spiro atoms. The van der Waals surface area contributed by atoms with Gasteiger partial charge in [0.2, 0.25) is 11.1 Å². The highest BCUT2D eigenvalue weighted by Gasteiger charge is 2.18. The van der Waals surface area contributed by atoms with Gasteiger partial charge in [-0.3, -0.25) is 4.79 Å². The summed E-state index contributed by atoms with van der Waals surface area (Å²) < 4.78 is 1.49. The standard InChI is InChI=1S/C16H18N2O3/c1-9(2)12-8-18(17-14(15(12)19)16(20)21)13-7-5-6-10(3)11(13)4/h5-9H,1-4H3,(H,20,21). The van der Waals surface area contributed by atoms with Crippen LogP contribution in [0.2, 0.25) is 0 Å². The number of aromatic nitrogens is 2. The quantitative estimate of drug-likeness (QED) is 0.941. The maximum Gasteiger partial charge on any atom is 0.360 e. The van der Waals surface area contributed by atoms with Crippen LogP contribution < -0.4 is 5.43 Å². The molecule has 2 aromatic rings. The monoisotopic (exact) mass is 286 g/mol. The summed E-state index contributed by atoms with van der Waals surface area (Å²) >= 11 is 0. The topological polar surface area (TPSA) is 72.2 Å². The fraction of sp³-hybridized carbons (Fsp3) is 0.312. The largest absolute Gasteiger partial charge is 0.476 e. The van der Waals surface area contributed by atoms with Crippen LogP contribution in [-0.4, -0.2) is 20.9 Å². The molecule has 0 aliphatic carbocycles. The summed E-state index contributed by atoms with van der Waals surface area (Å²) in [5, 5.41) is 13.2. The summed E-state index contributed by atoms with van der Waals surface area (Å²) in [5.74, 6) is -1.38. The number of benzene rings is 1. The molecule has 5 nitrogen and oxygen atoms in total. The highest BCUT2D eigenvalue weighted by molar-refractivity contribution is 5.85. The van der Waals surface area contributed by atoms with Gasteiger partial charge in [-0.2, -0.15) is 5.10 Å². The van der Waals surface area contributed by atoms with Gasteiger partial charge in [0.05, 0.1) is 5.69 Å². The number of hydrogen-bond acceptors (Lipinski definition) is 3. The molecule has 110 valence electrons. The zero-order chi connectivity index (χ0) is 15.7. The van der Waals surface area contributed by atoms with Crippen LogP contribution >= 0.6 is 0 Å². The minimum atomic E-state index is -1.30. The third kappa shape index (κ3) is 2.72. The second-order valence-electron chi connectivity index (χ2n) is 5.39. The minimum Gasteiger partial charge on any atom is -0.476 e. The molecule has 0 aliphatic heterocycles. The van der Waals surface area contributed by atoms with Gasteiger partial charge in [-0.25, -0.2) is 9.48 Å². The molecular weight excluding hydrogens is 268 g/mol. The molecule has 0 radical (unpaired) electrons. The third-order valence-corrected chi connectivity index (χ3v) is 3.59. The fourth-order valence-electron chi connectivity index (χ4n) is 2.17. The maximum absolute atomic E-state index is 12.1. The van der Waals surface area contributed by atoms with E-state index in [1.165, 1.54) is 4.68 Å². The molecule has 1 heterocycles. The first kappa shape index (κ1) is 15.0. The van der Waals surface area contributed by atoms with Crippen molar-refractivity contribution in [3.8, 4) is 5.69 Å². The molecule has 0 bridgehead atoms. The molecule has 21 heavy (non-hydrogen) atoms. The van der Waals surface area contributed by atoms with E-state index >= 15 is 0 Å². The van der Waals surface area contributed by atoms with Gasteiger partial charge >= 0.3 is 5.97 Å². The lowest BCUT2D eigenvalue weighted by molar-refractivity contribution is 0.0686. The smallest absolute Gasteiger partial charge is 0.360 e. The number of carboxylic acids is 1. The van der Waals surface area contributed by atoms with Crippen molar-refractivity contribution in [3.63, 3.8) is 0 Å². The van der Waals surface area contributed by atoms with Crippen LogP contribution in [0.5, 0.6) is 0 Å². The Morgan fingerprint density at radius 2 is 1.95 bits per heavy atom. The van der Waals surface area contributed by atoms with E-state index in [0.29, 0.717) is 5.56 Å². The van der Waals surface area contributed by atoms with Gasteiger partial charge in [0, 0.05) is 11.8 Å². The van der Waals surface area contributed by atoms with E-state index in [1.807, 2.05) is 45.9 Å². The second-order valence-corrected chi connectivity index (χ2v) is 5.39. The predicted molar refractivity (Wildman–Crippen MR) is 80.4 cm³/mol. The Balaban J connectivity index is 2.78. The van der Waals surface area contributed by atoms with Gasteiger partial charge in [-0.15, -0.1) is 0 Å². The maximum atomic E-state index is 12.1. The summed E-state index contributed by atoms with van der Waals surface area (Å²) in [6.07, 6.45) is 1.63.